The van der Waals surface area contributed by atoms with Gasteiger partial charge in [-0.05, 0) is 42.9 Å². The molecule has 0 spiro atoms. The molecule has 4 rings (SSSR count). The lowest BCUT2D eigenvalue weighted by molar-refractivity contribution is 0.0589. The Morgan fingerprint density at radius 2 is 1.84 bits per heavy atom. The number of alkyl carbamates (subject to hydrolysis) is 1. The second-order valence-electron chi connectivity index (χ2n) is 7.83. The smallest absolute Gasteiger partial charge is 0.413 e. The number of nitrogens with one attached hydrogen (secondary N) is 2. The van der Waals surface area contributed by atoms with Crippen LogP contribution in [0.3, 0.4) is 0 Å². The van der Waals surface area contributed by atoms with Crippen LogP contribution in [0.2, 0.25) is 5.02 Å². The highest BCUT2D eigenvalue weighted by molar-refractivity contribution is 7.80. The zero-order valence-electron chi connectivity index (χ0n) is 20.5. The Bertz CT molecular complexity index is 1500. The molecular weight excluding hydrogens is 528 g/mol. The fourth-order valence-electron chi connectivity index (χ4n) is 3.59. The van der Waals surface area contributed by atoms with E-state index in [1.54, 1.807) is 31.3 Å². The first-order valence-corrected chi connectivity index (χ1v) is 12.3. The van der Waals surface area contributed by atoms with Gasteiger partial charge < -0.3 is 19.5 Å². The molecule has 0 aliphatic rings. The molecule has 11 heteroatoms. The zero-order valence-corrected chi connectivity index (χ0v) is 22.1. The lowest BCUT2D eigenvalue weighted by atomic mass is 10.1. The van der Waals surface area contributed by atoms with Crippen molar-refractivity contribution in [1.29, 1.82) is 0 Å². The predicted molar refractivity (Wildman–Crippen MR) is 148 cm³/mol. The summed E-state index contributed by atoms with van der Waals surface area (Å²) in [6, 6.07) is 18.5. The minimum Gasteiger partial charge on any atom is -0.486 e. The number of halogens is 1. The molecule has 0 bridgehead atoms. The molecule has 0 radical (unpaired) electrons. The second-order valence-corrected chi connectivity index (χ2v) is 8.67. The van der Waals surface area contributed by atoms with E-state index in [4.69, 9.17) is 38.0 Å². The summed E-state index contributed by atoms with van der Waals surface area (Å²) in [4.78, 5) is 33.7. The minimum atomic E-state index is -0.730. The number of hydrogen-bond acceptors (Lipinski definition) is 8. The summed E-state index contributed by atoms with van der Waals surface area (Å²) in [5.41, 5.74) is 2.16. The monoisotopic (exact) mass is 550 g/mol. The largest absolute Gasteiger partial charge is 0.486 e. The first kappa shape index (κ1) is 26.8. The van der Waals surface area contributed by atoms with E-state index in [9.17, 15) is 9.59 Å². The van der Waals surface area contributed by atoms with Gasteiger partial charge in [-0.1, -0.05) is 54.1 Å². The fourth-order valence-corrected chi connectivity index (χ4v) is 3.96. The summed E-state index contributed by atoms with van der Waals surface area (Å²) in [5.74, 6) is -0.350. The van der Waals surface area contributed by atoms with Crippen LogP contribution < -0.4 is 15.4 Å². The fraction of sp³-hybridized carbons (Fsp3) is 0.148. The van der Waals surface area contributed by atoms with Gasteiger partial charge in [0.15, 0.2) is 16.6 Å². The van der Waals surface area contributed by atoms with Gasteiger partial charge in [0.05, 0.1) is 19.4 Å². The number of benzene rings is 2. The summed E-state index contributed by atoms with van der Waals surface area (Å²) < 4.78 is 16.0. The van der Waals surface area contributed by atoms with Crippen LogP contribution >= 0.6 is 23.8 Å². The van der Waals surface area contributed by atoms with Gasteiger partial charge in [-0.3, -0.25) is 10.3 Å². The van der Waals surface area contributed by atoms with Crippen molar-refractivity contribution >= 4 is 57.6 Å². The Morgan fingerprint density at radius 3 is 2.55 bits per heavy atom. The summed E-state index contributed by atoms with van der Waals surface area (Å²) in [6.45, 7) is 2.02. The predicted octanol–water partition coefficient (Wildman–Crippen LogP) is 5.76. The molecule has 0 unspecified atom stereocenters. The third kappa shape index (κ3) is 6.34. The number of ether oxygens (including phenoxy) is 3. The highest BCUT2D eigenvalue weighted by atomic mass is 35.5. The summed E-state index contributed by atoms with van der Waals surface area (Å²) in [5, 5.41) is 6.76. The molecule has 9 nitrogen and oxygen atoms in total. The van der Waals surface area contributed by atoms with Crippen LogP contribution in [0.15, 0.2) is 66.9 Å². The van der Waals surface area contributed by atoms with Crippen molar-refractivity contribution in [2.24, 2.45) is 0 Å². The van der Waals surface area contributed by atoms with E-state index in [1.165, 1.54) is 7.11 Å². The lowest BCUT2D eigenvalue weighted by Crippen LogP contribution is -2.35. The van der Waals surface area contributed by atoms with E-state index in [0.29, 0.717) is 21.5 Å². The normalized spacial score (nSPS) is 10.5. The zero-order chi connectivity index (χ0) is 27.1. The number of carbonyl (C=O) groups excluding carboxylic acids is 2. The molecule has 2 N–H and O–H groups in total. The quantitative estimate of drug-likeness (QED) is 0.219. The second kappa shape index (κ2) is 12.3. The lowest BCUT2D eigenvalue weighted by Gasteiger charge is -2.17. The standard InChI is InChI=1S/C27H23ClN4O5S/c1-3-36-27(34)32-26(38)31-24-19-13-21(17-10-7-11-18(28)12-17)29-14-20(19)23(22(30-24)25(33)35-2)37-15-16-8-5-4-6-9-16/h4-14H,3,15H2,1-2H3,(H2,30,31,32,34,38). The van der Waals surface area contributed by atoms with Gasteiger partial charge in [-0.25, -0.2) is 14.6 Å². The number of anilines is 1. The molecule has 0 aliphatic heterocycles. The summed E-state index contributed by atoms with van der Waals surface area (Å²) >= 11 is 11.5. The molecule has 4 aromatic rings. The molecule has 0 saturated heterocycles. The number of fused-ring (bicyclic) bond motifs is 1. The van der Waals surface area contributed by atoms with Gasteiger partial charge in [0, 0.05) is 27.6 Å². The number of carbonyl (C=O) groups is 2. The molecular formula is C27H23ClN4O5S. The van der Waals surface area contributed by atoms with E-state index in [-0.39, 0.29) is 35.6 Å². The minimum absolute atomic E-state index is 0.0767. The molecule has 0 aliphatic carbocycles. The van der Waals surface area contributed by atoms with Gasteiger partial charge in [0.2, 0.25) is 0 Å². The Morgan fingerprint density at radius 1 is 1.05 bits per heavy atom. The molecule has 0 saturated carbocycles. The molecule has 0 fully saturated rings. The van der Waals surface area contributed by atoms with E-state index in [0.717, 1.165) is 11.1 Å². The highest BCUT2D eigenvalue weighted by Crippen LogP contribution is 2.36. The average molecular weight is 551 g/mol. The molecule has 2 aromatic heterocycles. The number of rotatable bonds is 7. The maximum Gasteiger partial charge on any atom is 0.413 e. The van der Waals surface area contributed by atoms with E-state index < -0.39 is 12.1 Å². The first-order chi connectivity index (χ1) is 18.4. The number of amides is 1. The summed E-state index contributed by atoms with van der Waals surface area (Å²) in [7, 11) is 1.25. The Kier molecular flexibility index (Phi) is 8.67. The molecule has 0 atom stereocenters. The number of hydrogen-bond donors (Lipinski definition) is 2. The highest BCUT2D eigenvalue weighted by Gasteiger charge is 2.23. The maximum atomic E-state index is 12.8. The van der Waals surface area contributed by atoms with Crippen LogP contribution in [0, 0.1) is 0 Å². The number of thiocarbonyl (C=S) groups is 1. The average Bonchev–Trinajstić information content (AvgIpc) is 2.92. The van der Waals surface area contributed by atoms with Gasteiger partial charge in [-0.2, -0.15) is 0 Å². The van der Waals surface area contributed by atoms with Crippen molar-refractivity contribution in [2.45, 2.75) is 13.5 Å². The SMILES string of the molecule is CCOC(=O)NC(=S)Nc1nc(C(=O)OC)c(OCc2ccccc2)c2cnc(-c3cccc(Cl)c3)cc12. The van der Waals surface area contributed by atoms with Crippen LogP contribution in [0.4, 0.5) is 10.6 Å². The van der Waals surface area contributed by atoms with Crippen molar-refractivity contribution in [3.05, 3.63) is 83.1 Å². The van der Waals surface area contributed by atoms with Crippen molar-refractivity contribution in [3.63, 3.8) is 0 Å². The van der Waals surface area contributed by atoms with Gasteiger partial charge >= 0.3 is 12.1 Å². The maximum absolute atomic E-state index is 12.8. The third-order valence-electron chi connectivity index (χ3n) is 5.29. The molecule has 2 aromatic carbocycles. The first-order valence-electron chi connectivity index (χ1n) is 11.5. The number of pyridine rings is 2. The van der Waals surface area contributed by atoms with Crippen LogP contribution in [0.1, 0.15) is 23.0 Å². The Hall–Kier alpha value is -4.28. The van der Waals surface area contributed by atoms with Gasteiger partial charge in [0.25, 0.3) is 0 Å². The Balaban J connectivity index is 1.85. The van der Waals surface area contributed by atoms with Crippen molar-refractivity contribution < 1.29 is 23.8 Å². The van der Waals surface area contributed by atoms with Gasteiger partial charge in [0.1, 0.15) is 12.4 Å². The van der Waals surface area contributed by atoms with E-state index >= 15 is 0 Å². The number of esters is 1. The molecule has 194 valence electrons. The number of aromatic nitrogens is 2. The van der Waals surface area contributed by atoms with Crippen molar-refractivity contribution in [2.75, 3.05) is 19.0 Å². The van der Waals surface area contributed by atoms with E-state index in [1.807, 2.05) is 42.5 Å². The van der Waals surface area contributed by atoms with Gasteiger partial charge in [-0.15, -0.1) is 0 Å². The molecule has 1 amide bonds. The van der Waals surface area contributed by atoms with Crippen molar-refractivity contribution in [3.8, 4) is 17.0 Å². The van der Waals surface area contributed by atoms with Crippen LogP contribution in [0.25, 0.3) is 22.0 Å². The summed E-state index contributed by atoms with van der Waals surface area (Å²) in [6.07, 6.45) is 0.846. The molecule has 38 heavy (non-hydrogen) atoms. The Labute approximate surface area is 229 Å². The van der Waals surface area contributed by atoms with Crippen molar-refractivity contribution in [1.82, 2.24) is 15.3 Å². The number of methoxy groups -OCH3 is 1. The topological polar surface area (TPSA) is 112 Å². The number of nitrogens with zero attached hydrogens (tertiary/aromatic N) is 2. The van der Waals surface area contributed by atoms with E-state index in [2.05, 4.69) is 20.6 Å². The third-order valence-corrected chi connectivity index (χ3v) is 5.73. The molecule has 2 heterocycles. The van der Waals surface area contributed by atoms with Crippen LogP contribution in [-0.2, 0) is 16.1 Å². The van der Waals surface area contributed by atoms with Crippen LogP contribution in [0.5, 0.6) is 5.75 Å². The van der Waals surface area contributed by atoms with Crippen LogP contribution in [-0.4, -0.2) is 40.9 Å².